The first-order chi connectivity index (χ1) is 6.24. The molecular formula is C6H9N3O3S. The minimum Gasteiger partial charge on any atom is -0.396 e. The molecule has 3 N–H and O–H groups in total. The summed E-state index contributed by atoms with van der Waals surface area (Å²) in [5, 5.41) is 14.4. The lowest BCUT2D eigenvalue weighted by atomic mass is 10.5. The third-order valence-electron chi connectivity index (χ3n) is 1.22. The Morgan fingerprint density at radius 1 is 1.46 bits per heavy atom. The van der Waals surface area contributed by atoms with E-state index in [9.17, 15) is 9.59 Å². The first-order valence-corrected chi connectivity index (χ1v) is 4.65. The van der Waals surface area contributed by atoms with E-state index in [1.54, 1.807) is 0 Å². The molecular weight excluding hydrogens is 194 g/mol. The molecule has 0 aliphatic carbocycles. The van der Waals surface area contributed by atoms with Crippen LogP contribution in [0.2, 0.25) is 0 Å². The maximum Gasteiger partial charge on any atom is 0.342 e. The Labute approximate surface area is 77.4 Å². The van der Waals surface area contributed by atoms with Crippen LogP contribution in [0.1, 0.15) is 6.42 Å². The van der Waals surface area contributed by atoms with E-state index < -0.39 is 11.2 Å². The van der Waals surface area contributed by atoms with Crippen LogP contribution in [0.5, 0.6) is 0 Å². The Kier molecular flexibility index (Phi) is 3.71. The van der Waals surface area contributed by atoms with E-state index in [4.69, 9.17) is 5.11 Å². The maximum atomic E-state index is 11.0. The van der Waals surface area contributed by atoms with Crippen molar-refractivity contribution in [3.63, 3.8) is 0 Å². The molecule has 0 aliphatic heterocycles. The van der Waals surface area contributed by atoms with E-state index in [1.807, 2.05) is 0 Å². The van der Waals surface area contributed by atoms with Gasteiger partial charge in [-0.1, -0.05) is 11.8 Å². The SMILES string of the molecule is O=c1[nH]nc(SCCCO)c(=O)[nH]1. The van der Waals surface area contributed by atoms with Gasteiger partial charge < -0.3 is 5.11 Å². The monoisotopic (exact) mass is 203 g/mol. The third kappa shape index (κ3) is 3.03. The van der Waals surface area contributed by atoms with Gasteiger partial charge in [-0.2, -0.15) is 5.10 Å². The highest BCUT2D eigenvalue weighted by atomic mass is 32.2. The fourth-order valence-corrected chi connectivity index (χ4v) is 1.43. The molecule has 7 heteroatoms. The summed E-state index contributed by atoms with van der Waals surface area (Å²) in [5.41, 5.74) is -1.11. The summed E-state index contributed by atoms with van der Waals surface area (Å²) >= 11 is 1.20. The summed E-state index contributed by atoms with van der Waals surface area (Å²) in [5.74, 6) is 0.596. The Morgan fingerprint density at radius 3 is 2.85 bits per heavy atom. The van der Waals surface area contributed by atoms with E-state index in [1.165, 1.54) is 11.8 Å². The third-order valence-corrected chi connectivity index (χ3v) is 2.26. The molecule has 0 amide bonds. The van der Waals surface area contributed by atoms with E-state index >= 15 is 0 Å². The molecule has 13 heavy (non-hydrogen) atoms. The van der Waals surface area contributed by atoms with Gasteiger partial charge >= 0.3 is 5.69 Å². The van der Waals surface area contributed by atoms with Crippen LogP contribution in [0.15, 0.2) is 14.6 Å². The molecule has 1 heterocycles. The molecule has 0 aromatic carbocycles. The van der Waals surface area contributed by atoms with Crippen molar-refractivity contribution >= 4 is 11.8 Å². The van der Waals surface area contributed by atoms with E-state index in [-0.39, 0.29) is 11.6 Å². The van der Waals surface area contributed by atoms with Gasteiger partial charge in [0.1, 0.15) is 0 Å². The van der Waals surface area contributed by atoms with Gasteiger partial charge in [0.15, 0.2) is 5.03 Å². The molecule has 0 bridgehead atoms. The Bertz CT molecular complexity index is 372. The summed E-state index contributed by atoms with van der Waals surface area (Å²) in [4.78, 5) is 23.6. The predicted octanol–water partition coefficient (Wildman–Crippen LogP) is -1.07. The first-order valence-electron chi connectivity index (χ1n) is 3.66. The largest absolute Gasteiger partial charge is 0.396 e. The number of nitrogens with one attached hydrogen (secondary N) is 2. The highest BCUT2D eigenvalue weighted by Gasteiger charge is 2.01. The number of aromatic amines is 2. The van der Waals surface area contributed by atoms with Crippen molar-refractivity contribution in [3.8, 4) is 0 Å². The number of aliphatic hydroxyl groups excluding tert-OH is 1. The van der Waals surface area contributed by atoms with Gasteiger partial charge in [-0.25, -0.2) is 9.89 Å². The highest BCUT2D eigenvalue weighted by Crippen LogP contribution is 2.08. The van der Waals surface area contributed by atoms with Crippen LogP contribution in [-0.4, -0.2) is 32.6 Å². The van der Waals surface area contributed by atoms with Crippen LogP contribution in [-0.2, 0) is 0 Å². The van der Waals surface area contributed by atoms with Gasteiger partial charge in [0.25, 0.3) is 5.56 Å². The van der Waals surface area contributed by atoms with Gasteiger partial charge in [0.05, 0.1) is 0 Å². The number of aromatic nitrogens is 3. The zero-order valence-electron chi connectivity index (χ0n) is 6.74. The average Bonchev–Trinajstić information content (AvgIpc) is 2.09. The molecule has 0 unspecified atom stereocenters. The number of rotatable bonds is 4. The molecule has 0 fully saturated rings. The van der Waals surface area contributed by atoms with Crippen LogP contribution in [0.3, 0.4) is 0 Å². The van der Waals surface area contributed by atoms with Crippen LogP contribution >= 0.6 is 11.8 Å². The van der Waals surface area contributed by atoms with Crippen LogP contribution in [0.25, 0.3) is 0 Å². The zero-order chi connectivity index (χ0) is 9.68. The number of hydrogen-bond acceptors (Lipinski definition) is 5. The summed E-state index contributed by atoms with van der Waals surface area (Å²) in [6, 6.07) is 0. The first kappa shape index (κ1) is 10.0. The van der Waals surface area contributed by atoms with Crippen molar-refractivity contribution in [1.29, 1.82) is 0 Å². The summed E-state index contributed by atoms with van der Waals surface area (Å²) in [7, 11) is 0. The number of thioether (sulfide) groups is 1. The number of H-pyrrole nitrogens is 2. The van der Waals surface area contributed by atoms with Crippen molar-refractivity contribution in [3.05, 3.63) is 20.8 Å². The minimum absolute atomic E-state index is 0.0776. The van der Waals surface area contributed by atoms with Crippen molar-refractivity contribution in [2.45, 2.75) is 11.4 Å². The Balaban J connectivity index is 2.67. The number of hydrogen-bond donors (Lipinski definition) is 3. The summed E-state index contributed by atoms with van der Waals surface area (Å²) in [6.45, 7) is 0.0776. The van der Waals surface area contributed by atoms with Crippen LogP contribution < -0.4 is 11.2 Å². The lowest BCUT2D eigenvalue weighted by molar-refractivity contribution is 0.296. The molecule has 1 rings (SSSR count). The smallest absolute Gasteiger partial charge is 0.342 e. The molecule has 72 valence electrons. The fourth-order valence-electron chi connectivity index (χ4n) is 0.668. The molecule has 0 atom stereocenters. The van der Waals surface area contributed by atoms with E-state index in [0.717, 1.165) is 0 Å². The van der Waals surface area contributed by atoms with Crippen molar-refractivity contribution < 1.29 is 5.11 Å². The van der Waals surface area contributed by atoms with Gasteiger partial charge in [-0.15, -0.1) is 0 Å². The normalized spacial score (nSPS) is 10.2. The quantitative estimate of drug-likeness (QED) is 0.427. The fraction of sp³-hybridized carbons (Fsp3) is 0.500. The second-order valence-corrected chi connectivity index (χ2v) is 3.32. The molecule has 0 aliphatic rings. The molecule has 1 aromatic heterocycles. The summed E-state index contributed by atoms with van der Waals surface area (Å²) < 4.78 is 0. The predicted molar refractivity (Wildman–Crippen MR) is 47.9 cm³/mol. The van der Waals surface area contributed by atoms with Crippen molar-refractivity contribution in [2.75, 3.05) is 12.4 Å². The van der Waals surface area contributed by atoms with Gasteiger partial charge in [-0.3, -0.25) is 9.78 Å². The minimum atomic E-state index is -0.614. The molecule has 0 saturated heterocycles. The molecule has 1 aromatic rings. The second kappa shape index (κ2) is 4.83. The Morgan fingerprint density at radius 2 is 2.23 bits per heavy atom. The lowest BCUT2D eigenvalue weighted by Gasteiger charge is -1.95. The second-order valence-electron chi connectivity index (χ2n) is 2.24. The average molecular weight is 203 g/mol. The summed E-state index contributed by atoms with van der Waals surface area (Å²) in [6.07, 6.45) is 0.588. The topological polar surface area (TPSA) is 98.8 Å². The molecule has 0 radical (unpaired) electrons. The lowest BCUT2D eigenvalue weighted by Crippen LogP contribution is -2.25. The van der Waals surface area contributed by atoms with Gasteiger partial charge in [-0.05, 0) is 6.42 Å². The van der Waals surface area contributed by atoms with E-state index in [2.05, 4.69) is 15.2 Å². The van der Waals surface area contributed by atoms with Crippen LogP contribution in [0, 0.1) is 0 Å². The number of aliphatic hydroxyl groups is 1. The molecule has 6 nitrogen and oxygen atoms in total. The van der Waals surface area contributed by atoms with Gasteiger partial charge in [0, 0.05) is 12.4 Å². The van der Waals surface area contributed by atoms with Crippen LogP contribution in [0.4, 0.5) is 0 Å². The Hall–Kier alpha value is -1.08. The molecule has 0 saturated carbocycles. The molecule has 0 spiro atoms. The maximum absolute atomic E-state index is 11.0. The van der Waals surface area contributed by atoms with Crippen molar-refractivity contribution in [2.24, 2.45) is 0 Å². The van der Waals surface area contributed by atoms with Crippen molar-refractivity contribution in [1.82, 2.24) is 15.2 Å². The highest BCUT2D eigenvalue weighted by molar-refractivity contribution is 7.99. The van der Waals surface area contributed by atoms with Gasteiger partial charge in [0.2, 0.25) is 0 Å². The standard InChI is InChI=1S/C6H9N3O3S/c10-2-1-3-13-5-4(11)7-6(12)9-8-5/h10H,1-3H2,(H2,7,9,11,12). The zero-order valence-corrected chi connectivity index (χ0v) is 7.56. The van der Waals surface area contributed by atoms with E-state index in [0.29, 0.717) is 12.2 Å². The number of nitrogens with zero attached hydrogens (tertiary/aromatic N) is 1.